The minimum atomic E-state index is -0.254. The zero-order valence-electron chi connectivity index (χ0n) is 18.5. The molecule has 3 heterocycles. The van der Waals surface area contributed by atoms with Crippen LogP contribution in [0.25, 0.3) is 22.3 Å². The summed E-state index contributed by atoms with van der Waals surface area (Å²) in [5, 5.41) is 5.85. The highest BCUT2D eigenvalue weighted by Crippen LogP contribution is 2.43. The highest BCUT2D eigenvalue weighted by atomic mass is 16.5. The summed E-state index contributed by atoms with van der Waals surface area (Å²) in [6, 6.07) is 7.56. The molecule has 0 saturated carbocycles. The molecule has 2 aromatic heterocycles. The topological polar surface area (TPSA) is 66.1 Å². The Morgan fingerprint density at radius 3 is 2.70 bits per heavy atom. The maximum atomic E-state index is 12.7. The van der Waals surface area contributed by atoms with Crippen LogP contribution in [0.5, 0.6) is 5.75 Å². The van der Waals surface area contributed by atoms with Gasteiger partial charge in [-0.05, 0) is 31.7 Å². The third kappa shape index (κ3) is 3.24. The SMILES string of the molecule is CCC(C)Oc1cccc2c3n(nc12)CC(C(C)(C)C)n1cc(C(C)=O)c(=O)cc1-3. The van der Waals surface area contributed by atoms with Crippen molar-refractivity contribution in [3.63, 3.8) is 0 Å². The van der Waals surface area contributed by atoms with Crippen LogP contribution in [0.1, 0.15) is 64.4 Å². The first-order chi connectivity index (χ1) is 14.1. The van der Waals surface area contributed by atoms with Gasteiger partial charge in [0.15, 0.2) is 11.2 Å². The maximum Gasteiger partial charge on any atom is 0.193 e. The van der Waals surface area contributed by atoms with Crippen molar-refractivity contribution in [3.05, 3.63) is 46.2 Å². The zero-order valence-corrected chi connectivity index (χ0v) is 18.5. The minimum Gasteiger partial charge on any atom is -0.488 e. The molecule has 158 valence electrons. The summed E-state index contributed by atoms with van der Waals surface area (Å²) in [6.07, 6.45) is 2.73. The molecule has 0 fully saturated rings. The molecule has 1 aliphatic heterocycles. The van der Waals surface area contributed by atoms with Gasteiger partial charge in [0.1, 0.15) is 11.3 Å². The number of carbonyl (C=O) groups excluding carboxylic acids is 1. The van der Waals surface area contributed by atoms with Crippen molar-refractivity contribution in [2.45, 2.75) is 66.7 Å². The Morgan fingerprint density at radius 1 is 1.33 bits per heavy atom. The lowest BCUT2D eigenvalue weighted by Gasteiger charge is -2.38. The van der Waals surface area contributed by atoms with Gasteiger partial charge in [-0.3, -0.25) is 14.3 Å². The summed E-state index contributed by atoms with van der Waals surface area (Å²) in [7, 11) is 0. The summed E-state index contributed by atoms with van der Waals surface area (Å²) in [4.78, 5) is 24.8. The molecule has 6 heteroatoms. The fraction of sp³-hybridized carbons (Fsp3) is 0.458. The third-order valence-electron chi connectivity index (χ3n) is 6.02. The molecule has 2 atom stereocenters. The van der Waals surface area contributed by atoms with Crippen LogP contribution in [-0.2, 0) is 6.54 Å². The largest absolute Gasteiger partial charge is 0.488 e. The quantitative estimate of drug-likeness (QED) is 0.580. The zero-order chi connectivity index (χ0) is 21.8. The van der Waals surface area contributed by atoms with Crippen LogP contribution in [0.3, 0.4) is 0 Å². The van der Waals surface area contributed by atoms with E-state index in [-0.39, 0.29) is 34.3 Å². The van der Waals surface area contributed by atoms with Gasteiger partial charge in [0.25, 0.3) is 0 Å². The van der Waals surface area contributed by atoms with Crippen molar-refractivity contribution in [2.75, 3.05) is 0 Å². The van der Waals surface area contributed by atoms with Crippen molar-refractivity contribution in [3.8, 4) is 17.1 Å². The van der Waals surface area contributed by atoms with Crippen molar-refractivity contribution in [2.24, 2.45) is 5.41 Å². The van der Waals surface area contributed by atoms with Crippen LogP contribution in [-0.4, -0.2) is 26.2 Å². The maximum absolute atomic E-state index is 12.7. The summed E-state index contributed by atoms with van der Waals surface area (Å²) in [5.74, 6) is 0.543. The smallest absolute Gasteiger partial charge is 0.193 e. The van der Waals surface area contributed by atoms with Gasteiger partial charge in [0.2, 0.25) is 0 Å². The van der Waals surface area contributed by atoms with Crippen LogP contribution < -0.4 is 10.2 Å². The molecule has 1 aromatic carbocycles. The molecule has 0 aliphatic carbocycles. The monoisotopic (exact) mass is 407 g/mol. The van der Waals surface area contributed by atoms with E-state index in [4.69, 9.17) is 9.84 Å². The van der Waals surface area contributed by atoms with Gasteiger partial charge in [-0.25, -0.2) is 0 Å². The number of fused-ring (bicyclic) bond motifs is 5. The lowest BCUT2D eigenvalue weighted by Crippen LogP contribution is -2.35. The standard InChI is InChI=1S/C24H29N3O3/c1-7-14(2)30-20-10-8-9-16-22(20)25-27-13-21(24(4,5)6)26-12-17(15(3)28)19(29)11-18(26)23(16)27/h8-12,14,21H,7,13H2,1-6H3. The van der Waals surface area contributed by atoms with E-state index in [0.29, 0.717) is 6.54 Å². The normalized spacial score (nSPS) is 16.8. The Kier molecular flexibility index (Phi) is 4.83. The molecule has 4 rings (SSSR count). The number of ketones is 1. The second kappa shape index (κ2) is 7.11. The number of pyridine rings is 1. The predicted molar refractivity (Wildman–Crippen MR) is 118 cm³/mol. The number of carbonyl (C=O) groups is 1. The van der Waals surface area contributed by atoms with Gasteiger partial charge in [-0.15, -0.1) is 0 Å². The van der Waals surface area contributed by atoms with E-state index in [1.54, 1.807) is 12.3 Å². The van der Waals surface area contributed by atoms with Gasteiger partial charge in [0, 0.05) is 17.6 Å². The summed E-state index contributed by atoms with van der Waals surface area (Å²) < 4.78 is 10.2. The third-order valence-corrected chi connectivity index (χ3v) is 6.02. The Bertz CT molecular complexity index is 1200. The predicted octanol–water partition coefficient (Wildman–Crippen LogP) is 4.85. The van der Waals surface area contributed by atoms with Crippen LogP contribution in [0, 0.1) is 5.41 Å². The number of Topliss-reactive ketones (excluding diaryl/α,β-unsaturated/α-hetero) is 1. The lowest BCUT2D eigenvalue weighted by molar-refractivity contribution is 0.101. The summed E-state index contributed by atoms with van der Waals surface area (Å²) in [6.45, 7) is 12.7. The van der Waals surface area contributed by atoms with Crippen LogP contribution in [0.2, 0.25) is 0 Å². The van der Waals surface area contributed by atoms with Gasteiger partial charge >= 0.3 is 0 Å². The van der Waals surface area contributed by atoms with Crippen molar-refractivity contribution >= 4 is 16.7 Å². The van der Waals surface area contributed by atoms with E-state index in [9.17, 15) is 9.59 Å². The second-order valence-corrected chi connectivity index (χ2v) is 9.30. The van der Waals surface area contributed by atoms with E-state index in [1.807, 2.05) is 29.8 Å². The van der Waals surface area contributed by atoms with Crippen molar-refractivity contribution < 1.29 is 9.53 Å². The van der Waals surface area contributed by atoms with Gasteiger partial charge in [-0.2, -0.15) is 5.10 Å². The highest BCUT2D eigenvalue weighted by Gasteiger charge is 2.35. The minimum absolute atomic E-state index is 0.0481. The fourth-order valence-electron chi connectivity index (χ4n) is 4.13. The number of rotatable bonds is 4. The number of hydrogen-bond donors (Lipinski definition) is 0. The Labute approximate surface area is 176 Å². The Balaban J connectivity index is 2.00. The number of benzene rings is 1. The van der Waals surface area contributed by atoms with Crippen LogP contribution >= 0.6 is 0 Å². The van der Waals surface area contributed by atoms with E-state index < -0.39 is 0 Å². The van der Waals surface area contributed by atoms with Gasteiger partial charge < -0.3 is 9.30 Å². The Hall–Kier alpha value is -2.89. The molecule has 0 radical (unpaired) electrons. The molecule has 0 spiro atoms. The van der Waals surface area contributed by atoms with Crippen molar-refractivity contribution in [1.82, 2.24) is 14.3 Å². The number of aromatic nitrogens is 3. The first-order valence-electron chi connectivity index (χ1n) is 10.6. The van der Waals surface area contributed by atoms with E-state index in [2.05, 4.69) is 32.3 Å². The molecule has 0 N–H and O–H groups in total. The van der Waals surface area contributed by atoms with E-state index in [1.165, 1.54) is 6.92 Å². The average molecular weight is 408 g/mol. The molecule has 0 bridgehead atoms. The molecule has 3 aromatic rings. The number of nitrogens with zero attached hydrogens (tertiary/aromatic N) is 3. The molecular formula is C24H29N3O3. The van der Waals surface area contributed by atoms with Gasteiger partial charge in [0.05, 0.1) is 35.6 Å². The number of hydrogen-bond acceptors (Lipinski definition) is 4. The lowest BCUT2D eigenvalue weighted by atomic mass is 9.84. The molecule has 1 aliphatic rings. The first-order valence-corrected chi connectivity index (χ1v) is 10.6. The molecule has 0 saturated heterocycles. The molecule has 2 unspecified atom stereocenters. The van der Waals surface area contributed by atoms with Crippen LogP contribution in [0.15, 0.2) is 35.3 Å². The van der Waals surface area contributed by atoms with Gasteiger partial charge in [-0.1, -0.05) is 39.8 Å². The summed E-state index contributed by atoms with van der Waals surface area (Å²) >= 11 is 0. The first kappa shape index (κ1) is 20.4. The summed E-state index contributed by atoms with van der Waals surface area (Å²) in [5.41, 5.74) is 2.37. The fourth-order valence-corrected chi connectivity index (χ4v) is 4.13. The highest BCUT2D eigenvalue weighted by molar-refractivity contribution is 5.97. The van der Waals surface area contributed by atoms with Crippen LogP contribution in [0.4, 0.5) is 0 Å². The van der Waals surface area contributed by atoms with E-state index in [0.717, 1.165) is 34.5 Å². The molecule has 30 heavy (non-hydrogen) atoms. The second-order valence-electron chi connectivity index (χ2n) is 9.30. The van der Waals surface area contributed by atoms with Crippen molar-refractivity contribution in [1.29, 1.82) is 0 Å². The molecule has 0 amide bonds. The molecular weight excluding hydrogens is 378 g/mol. The molecule has 6 nitrogen and oxygen atoms in total. The average Bonchev–Trinajstić information content (AvgIpc) is 3.05. The Morgan fingerprint density at radius 2 is 2.07 bits per heavy atom. The van der Waals surface area contributed by atoms with E-state index >= 15 is 0 Å². The number of ether oxygens (including phenoxy) is 1.